The van der Waals surface area contributed by atoms with E-state index < -0.39 is 0 Å². The fourth-order valence-electron chi connectivity index (χ4n) is 4.12. The lowest BCUT2D eigenvalue weighted by molar-refractivity contribution is 0.0608. The Hall–Kier alpha value is -4.40. The van der Waals surface area contributed by atoms with Gasteiger partial charge < -0.3 is 34.0 Å². The molecule has 1 N–H and O–H groups in total. The van der Waals surface area contributed by atoms with Gasteiger partial charge in [0.1, 0.15) is 23.0 Å². The number of ether oxygens (including phenoxy) is 4. The summed E-state index contributed by atoms with van der Waals surface area (Å²) in [6.45, 7) is 0.648. The fraction of sp³-hybridized carbons (Fsp3) is 0.286. The number of para-hydroxylation sites is 1. The summed E-state index contributed by atoms with van der Waals surface area (Å²) in [5.74, 6) is 2.56. The number of urea groups is 1. The molecule has 1 unspecified atom stereocenters. The Bertz CT molecular complexity index is 1260. The van der Waals surface area contributed by atoms with E-state index in [9.17, 15) is 4.79 Å². The first-order valence-corrected chi connectivity index (χ1v) is 11.8. The number of oxime groups is 1. The highest BCUT2D eigenvalue weighted by Crippen LogP contribution is 2.30. The van der Waals surface area contributed by atoms with E-state index in [0.717, 1.165) is 22.6 Å². The van der Waals surface area contributed by atoms with Crippen molar-refractivity contribution in [1.29, 1.82) is 0 Å². The van der Waals surface area contributed by atoms with Crippen LogP contribution >= 0.6 is 0 Å². The van der Waals surface area contributed by atoms with Crippen molar-refractivity contribution in [1.82, 2.24) is 4.90 Å². The maximum atomic E-state index is 13.5. The molecular formula is C28H31N3O6. The zero-order chi connectivity index (χ0) is 26.2. The summed E-state index contributed by atoms with van der Waals surface area (Å²) in [6.07, 6.45) is 0.211. The smallest absolute Gasteiger partial charge is 0.322 e. The van der Waals surface area contributed by atoms with Crippen LogP contribution in [0.4, 0.5) is 10.5 Å². The summed E-state index contributed by atoms with van der Waals surface area (Å²) < 4.78 is 21.5. The number of hydrogen-bond acceptors (Lipinski definition) is 7. The molecule has 37 heavy (non-hydrogen) atoms. The van der Waals surface area contributed by atoms with E-state index in [1.807, 2.05) is 48.5 Å². The standard InChI is InChI=1S/C28H31N3O6/c1-33-20-9-7-8-19(14-20)17-31(28(32)29-24-13-12-21(34-2)16-27(24)36-4)18-22-15-25(30-37-22)23-10-5-6-11-26(23)35-3/h5-14,16,22H,15,17-18H2,1-4H3,(H,29,32). The van der Waals surface area contributed by atoms with Crippen molar-refractivity contribution in [2.45, 2.75) is 19.1 Å². The quantitative estimate of drug-likeness (QED) is 0.419. The van der Waals surface area contributed by atoms with Crippen LogP contribution in [0.1, 0.15) is 17.5 Å². The topological polar surface area (TPSA) is 90.9 Å². The Kier molecular flexibility index (Phi) is 8.35. The molecule has 3 aromatic rings. The van der Waals surface area contributed by atoms with Crippen LogP contribution in [0.5, 0.6) is 23.0 Å². The Morgan fingerprint density at radius 2 is 1.68 bits per heavy atom. The minimum Gasteiger partial charge on any atom is -0.497 e. The number of benzene rings is 3. The zero-order valence-electron chi connectivity index (χ0n) is 21.4. The molecule has 1 heterocycles. The highest BCUT2D eigenvalue weighted by Gasteiger charge is 2.28. The van der Waals surface area contributed by atoms with E-state index in [1.165, 1.54) is 0 Å². The predicted octanol–water partition coefficient (Wildman–Crippen LogP) is 4.95. The number of hydrogen-bond donors (Lipinski definition) is 1. The highest BCUT2D eigenvalue weighted by molar-refractivity contribution is 6.03. The molecule has 9 heteroatoms. The minimum absolute atomic E-state index is 0.305. The van der Waals surface area contributed by atoms with Crippen LogP contribution in [-0.4, -0.2) is 57.7 Å². The molecule has 0 aliphatic carbocycles. The van der Waals surface area contributed by atoms with Crippen LogP contribution in [-0.2, 0) is 11.4 Å². The Morgan fingerprint density at radius 3 is 2.43 bits per heavy atom. The fourth-order valence-corrected chi connectivity index (χ4v) is 4.12. The van der Waals surface area contributed by atoms with E-state index >= 15 is 0 Å². The van der Waals surface area contributed by atoms with Gasteiger partial charge >= 0.3 is 6.03 Å². The monoisotopic (exact) mass is 505 g/mol. The van der Waals surface area contributed by atoms with Crippen molar-refractivity contribution in [2.24, 2.45) is 5.16 Å². The lowest BCUT2D eigenvalue weighted by Crippen LogP contribution is -2.40. The SMILES string of the molecule is COc1cccc(CN(CC2CC(c3ccccc3OC)=NO2)C(=O)Nc2ccc(OC)cc2OC)c1. The van der Waals surface area contributed by atoms with Gasteiger partial charge in [0, 0.05) is 24.6 Å². The van der Waals surface area contributed by atoms with Gasteiger partial charge in [-0.1, -0.05) is 29.4 Å². The molecule has 0 fully saturated rings. The van der Waals surface area contributed by atoms with Gasteiger partial charge in [-0.05, 0) is 42.0 Å². The first-order chi connectivity index (χ1) is 18.0. The molecular weight excluding hydrogens is 474 g/mol. The molecule has 9 nitrogen and oxygen atoms in total. The van der Waals surface area contributed by atoms with Gasteiger partial charge in [0.05, 0.1) is 46.4 Å². The van der Waals surface area contributed by atoms with Crippen molar-refractivity contribution in [3.05, 3.63) is 77.9 Å². The molecule has 0 saturated heterocycles. The molecule has 0 bridgehead atoms. The summed E-state index contributed by atoms with van der Waals surface area (Å²) in [6, 6.07) is 20.2. The van der Waals surface area contributed by atoms with Crippen LogP contribution < -0.4 is 24.3 Å². The van der Waals surface area contributed by atoms with Gasteiger partial charge in [0.2, 0.25) is 0 Å². The van der Waals surface area contributed by atoms with Crippen LogP contribution in [0.2, 0.25) is 0 Å². The molecule has 3 aromatic carbocycles. The Balaban J connectivity index is 1.53. The molecule has 4 rings (SSSR count). The van der Waals surface area contributed by atoms with Crippen molar-refractivity contribution in [3.63, 3.8) is 0 Å². The molecule has 1 atom stereocenters. The third-order valence-corrected chi connectivity index (χ3v) is 6.02. The summed E-state index contributed by atoms with van der Waals surface area (Å²) >= 11 is 0. The third kappa shape index (κ3) is 6.24. The maximum absolute atomic E-state index is 13.5. The average molecular weight is 506 g/mol. The second-order valence-corrected chi connectivity index (χ2v) is 8.40. The maximum Gasteiger partial charge on any atom is 0.322 e. The second kappa shape index (κ2) is 12.0. The van der Waals surface area contributed by atoms with E-state index in [1.54, 1.807) is 51.5 Å². The van der Waals surface area contributed by atoms with Crippen molar-refractivity contribution in [2.75, 3.05) is 40.3 Å². The normalized spacial score (nSPS) is 14.3. The lowest BCUT2D eigenvalue weighted by atomic mass is 10.0. The van der Waals surface area contributed by atoms with Gasteiger partial charge in [0.15, 0.2) is 6.10 Å². The third-order valence-electron chi connectivity index (χ3n) is 6.02. The molecule has 1 aliphatic rings. The second-order valence-electron chi connectivity index (χ2n) is 8.40. The molecule has 194 valence electrons. The number of nitrogens with zero attached hydrogens (tertiary/aromatic N) is 2. The zero-order valence-corrected chi connectivity index (χ0v) is 21.4. The van der Waals surface area contributed by atoms with Gasteiger partial charge in [-0.15, -0.1) is 0 Å². The molecule has 0 saturated carbocycles. The Labute approximate surface area is 216 Å². The number of rotatable bonds is 10. The van der Waals surface area contributed by atoms with Gasteiger partial charge in [-0.3, -0.25) is 0 Å². The van der Waals surface area contributed by atoms with Crippen molar-refractivity contribution >= 4 is 17.4 Å². The first-order valence-electron chi connectivity index (χ1n) is 11.8. The number of anilines is 1. The summed E-state index contributed by atoms with van der Waals surface area (Å²) in [5.41, 5.74) is 3.10. The van der Waals surface area contributed by atoms with Crippen LogP contribution in [0.15, 0.2) is 71.9 Å². The number of carbonyl (C=O) groups is 1. The molecule has 0 radical (unpaired) electrons. The van der Waals surface area contributed by atoms with Gasteiger partial charge in [-0.2, -0.15) is 0 Å². The highest BCUT2D eigenvalue weighted by atomic mass is 16.6. The molecule has 0 aromatic heterocycles. The summed E-state index contributed by atoms with van der Waals surface area (Å²) in [7, 11) is 6.36. The molecule has 0 spiro atoms. The molecule has 2 amide bonds. The van der Waals surface area contributed by atoms with Crippen LogP contribution in [0.3, 0.4) is 0 Å². The largest absolute Gasteiger partial charge is 0.497 e. The van der Waals surface area contributed by atoms with Crippen molar-refractivity contribution < 1.29 is 28.6 Å². The summed E-state index contributed by atoms with van der Waals surface area (Å²) in [5, 5.41) is 7.26. The van der Waals surface area contributed by atoms with Crippen LogP contribution in [0.25, 0.3) is 0 Å². The first kappa shape index (κ1) is 25.7. The van der Waals surface area contributed by atoms with Gasteiger partial charge in [0.25, 0.3) is 0 Å². The van der Waals surface area contributed by atoms with E-state index in [0.29, 0.717) is 42.4 Å². The molecule has 1 aliphatic heterocycles. The Morgan fingerprint density at radius 1 is 0.919 bits per heavy atom. The number of amides is 2. The predicted molar refractivity (Wildman–Crippen MR) is 141 cm³/mol. The number of nitrogens with one attached hydrogen (secondary N) is 1. The number of carbonyl (C=O) groups excluding carboxylic acids is 1. The van der Waals surface area contributed by atoms with Gasteiger partial charge in [-0.25, -0.2) is 4.79 Å². The van der Waals surface area contributed by atoms with E-state index in [-0.39, 0.29) is 12.1 Å². The average Bonchev–Trinajstić information content (AvgIpc) is 3.41. The van der Waals surface area contributed by atoms with E-state index in [4.69, 9.17) is 23.8 Å². The summed E-state index contributed by atoms with van der Waals surface area (Å²) in [4.78, 5) is 21.0. The lowest BCUT2D eigenvalue weighted by Gasteiger charge is -2.26. The van der Waals surface area contributed by atoms with E-state index in [2.05, 4.69) is 10.5 Å². The number of methoxy groups -OCH3 is 4. The minimum atomic E-state index is -0.325. The van der Waals surface area contributed by atoms with Crippen molar-refractivity contribution in [3.8, 4) is 23.0 Å². The van der Waals surface area contributed by atoms with Crippen LogP contribution in [0, 0.1) is 0 Å².